The molecule has 0 bridgehead atoms. The van der Waals surface area contributed by atoms with Crippen molar-refractivity contribution in [3.05, 3.63) is 35.9 Å². The lowest BCUT2D eigenvalue weighted by Gasteiger charge is -2.12. The van der Waals surface area contributed by atoms with Crippen LogP contribution in [0.1, 0.15) is 25.3 Å². The van der Waals surface area contributed by atoms with E-state index in [-0.39, 0.29) is 8.65 Å². The SMILES string of the molecule is CC1(c2ccccc2)C(Br)(Br)C12CC2. The smallest absolute Gasteiger partial charge is 0.0711 e. The van der Waals surface area contributed by atoms with Crippen molar-refractivity contribution >= 4 is 31.9 Å². The molecule has 2 heteroatoms. The maximum atomic E-state index is 3.85. The fourth-order valence-electron chi connectivity index (χ4n) is 2.94. The van der Waals surface area contributed by atoms with Crippen molar-refractivity contribution in [2.24, 2.45) is 5.41 Å². The molecular formula is C12H12Br2. The van der Waals surface area contributed by atoms with E-state index in [0.29, 0.717) is 5.41 Å². The van der Waals surface area contributed by atoms with E-state index in [0.717, 1.165) is 0 Å². The zero-order chi connectivity index (χ0) is 10.0. The summed E-state index contributed by atoms with van der Waals surface area (Å²) in [7, 11) is 0. The standard InChI is InChI=1S/C12H12Br2/c1-10(9-5-3-2-4-6-9)11(7-8-11)12(10,13)14/h2-6H,7-8H2,1H3. The van der Waals surface area contributed by atoms with E-state index in [9.17, 15) is 0 Å². The normalized spacial score (nSPS) is 35.6. The maximum absolute atomic E-state index is 3.85. The summed E-state index contributed by atoms with van der Waals surface area (Å²) in [5, 5.41) is 0. The molecule has 0 N–H and O–H groups in total. The van der Waals surface area contributed by atoms with Crippen LogP contribution in [0.25, 0.3) is 0 Å². The summed E-state index contributed by atoms with van der Waals surface area (Å²) in [5.41, 5.74) is 2.22. The molecule has 74 valence electrons. The molecule has 1 atom stereocenters. The lowest BCUT2D eigenvalue weighted by molar-refractivity contribution is 0.660. The predicted molar refractivity (Wildman–Crippen MR) is 66.0 cm³/mol. The first kappa shape index (κ1) is 9.41. The highest BCUT2D eigenvalue weighted by molar-refractivity contribution is 9.25. The van der Waals surface area contributed by atoms with Gasteiger partial charge in [0.25, 0.3) is 0 Å². The molecule has 14 heavy (non-hydrogen) atoms. The lowest BCUT2D eigenvalue weighted by atomic mass is 9.95. The number of alkyl halides is 2. The van der Waals surface area contributed by atoms with E-state index in [1.807, 2.05) is 0 Å². The van der Waals surface area contributed by atoms with Gasteiger partial charge in [-0.1, -0.05) is 69.1 Å². The molecule has 1 spiro atoms. The summed E-state index contributed by atoms with van der Waals surface area (Å²) >= 11 is 7.69. The van der Waals surface area contributed by atoms with Gasteiger partial charge in [0, 0.05) is 10.8 Å². The van der Waals surface area contributed by atoms with E-state index in [4.69, 9.17) is 0 Å². The highest BCUT2D eigenvalue weighted by atomic mass is 79.9. The molecular weight excluding hydrogens is 304 g/mol. The third-order valence-corrected chi connectivity index (χ3v) is 7.33. The average molecular weight is 316 g/mol. The van der Waals surface area contributed by atoms with E-state index in [1.54, 1.807) is 0 Å². The zero-order valence-corrected chi connectivity index (χ0v) is 11.2. The highest BCUT2D eigenvalue weighted by Crippen LogP contribution is 2.90. The largest absolute Gasteiger partial charge is 0.0969 e. The van der Waals surface area contributed by atoms with Crippen LogP contribution in [0, 0.1) is 5.41 Å². The van der Waals surface area contributed by atoms with Crippen LogP contribution in [-0.2, 0) is 5.41 Å². The Bertz CT molecular complexity index is 373. The number of hydrogen-bond acceptors (Lipinski definition) is 0. The average Bonchev–Trinajstić information content (AvgIpc) is 3.04. The number of halogens is 2. The van der Waals surface area contributed by atoms with Crippen LogP contribution in [0.2, 0.25) is 0 Å². The minimum atomic E-state index is 0.140. The van der Waals surface area contributed by atoms with Gasteiger partial charge in [0.2, 0.25) is 0 Å². The Morgan fingerprint density at radius 3 is 2.07 bits per heavy atom. The Morgan fingerprint density at radius 2 is 1.64 bits per heavy atom. The fourth-order valence-corrected chi connectivity index (χ4v) is 5.54. The van der Waals surface area contributed by atoms with E-state index >= 15 is 0 Å². The van der Waals surface area contributed by atoms with Crippen LogP contribution < -0.4 is 0 Å². The molecule has 2 aliphatic rings. The second-order valence-electron chi connectivity index (χ2n) is 4.65. The van der Waals surface area contributed by atoms with E-state index in [1.165, 1.54) is 18.4 Å². The third-order valence-electron chi connectivity index (χ3n) is 4.22. The molecule has 0 aliphatic heterocycles. The van der Waals surface area contributed by atoms with Crippen molar-refractivity contribution in [1.82, 2.24) is 0 Å². The highest BCUT2D eigenvalue weighted by Gasteiger charge is 2.88. The van der Waals surface area contributed by atoms with Gasteiger partial charge in [-0.2, -0.15) is 0 Å². The minimum Gasteiger partial charge on any atom is -0.0711 e. The van der Waals surface area contributed by atoms with Crippen molar-refractivity contribution < 1.29 is 0 Å². The topological polar surface area (TPSA) is 0 Å². The van der Waals surface area contributed by atoms with Crippen molar-refractivity contribution in [1.29, 1.82) is 0 Å². The van der Waals surface area contributed by atoms with Crippen molar-refractivity contribution in [2.75, 3.05) is 0 Å². The molecule has 0 amide bonds. The Balaban J connectivity index is 2.09. The van der Waals surface area contributed by atoms with E-state index < -0.39 is 0 Å². The molecule has 3 rings (SSSR count). The van der Waals surface area contributed by atoms with Gasteiger partial charge in [0.1, 0.15) is 0 Å². The zero-order valence-electron chi connectivity index (χ0n) is 8.06. The summed E-state index contributed by atoms with van der Waals surface area (Å²) in [6.07, 6.45) is 2.68. The quantitative estimate of drug-likeness (QED) is 0.681. The maximum Gasteiger partial charge on any atom is 0.0969 e. The van der Waals surface area contributed by atoms with Crippen LogP contribution in [0.5, 0.6) is 0 Å². The number of rotatable bonds is 1. The number of hydrogen-bond donors (Lipinski definition) is 0. The first-order valence-corrected chi connectivity index (χ1v) is 6.58. The Labute approximate surface area is 101 Å². The van der Waals surface area contributed by atoms with Gasteiger partial charge in [0.15, 0.2) is 0 Å². The summed E-state index contributed by atoms with van der Waals surface area (Å²) in [5.74, 6) is 0. The Morgan fingerprint density at radius 1 is 1.07 bits per heavy atom. The van der Waals surface area contributed by atoms with Crippen LogP contribution in [-0.4, -0.2) is 3.23 Å². The van der Waals surface area contributed by atoms with Gasteiger partial charge in [-0.25, -0.2) is 0 Å². The van der Waals surface area contributed by atoms with Crippen LogP contribution >= 0.6 is 31.9 Å². The molecule has 2 fully saturated rings. The van der Waals surface area contributed by atoms with Crippen molar-refractivity contribution in [3.63, 3.8) is 0 Å². The molecule has 0 radical (unpaired) electrons. The lowest BCUT2D eigenvalue weighted by Crippen LogP contribution is -2.09. The van der Waals surface area contributed by atoms with Gasteiger partial charge < -0.3 is 0 Å². The first-order chi connectivity index (χ1) is 6.56. The molecule has 1 aromatic rings. The molecule has 0 aromatic heterocycles. The van der Waals surface area contributed by atoms with Crippen LogP contribution in [0.4, 0.5) is 0 Å². The molecule has 0 saturated heterocycles. The third kappa shape index (κ3) is 0.780. The predicted octanol–water partition coefficient (Wildman–Crippen LogP) is 4.22. The Kier molecular flexibility index (Phi) is 1.65. The molecule has 1 aromatic carbocycles. The Hall–Kier alpha value is 0.180. The van der Waals surface area contributed by atoms with E-state index in [2.05, 4.69) is 69.1 Å². The molecule has 2 saturated carbocycles. The minimum absolute atomic E-state index is 0.140. The van der Waals surface area contributed by atoms with Gasteiger partial charge in [-0.05, 0) is 18.4 Å². The monoisotopic (exact) mass is 314 g/mol. The fraction of sp³-hybridized carbons (Fsp3) is 0.500. The summed E-state index contributed by atoms with van der Waals surface area (Å²) in [6, 6.07) is 10.8. The molecule has 2 aliphatic carbocycles. The second-order valence-corrected chi connectivity index (χ2v) is 8.09. The summed E-state index contributed by atoms with van der Waals surface area (Å²) in [6.45, 7) is 2.36. The number of benzene rings is 1. The van der Waals surface area contributed by atoms with Crippen molar-refractivity contribution in [3.8, 4) is 0 Å². The molecule has 1 unspecified atom stereocenters. The van der Waals surface area contributed by atoms with Crippen molar-refractivity contribution in [2.45, 2.75) is 28.4 Å². The first-order valence-electron chi connectivity index (χ1n) is 5.00. The van der Waals surface area contributed by atoms with Gasteiger partial charge >= 0.3 is 0 Å². The van der Waals surface area contributed by atoms with Crippen LogP contribution in [0.3, 0.4) is 0 Å². The second kappa shape index (κ2) is 2.46. The van der Waals surface area contributed by atoms with Crippen LogP contribution in [0.15, 0.2) is 30.3 Å². The molecule has 0 heterocycles. The van der Waals surface area contributed by atoms with Gasteiger partial charge in [-0.3, -0.25) is 0 Å². The summed E-state index contributed by atoms with van der Waals surface area (Å²) < 4.78 is 0.140. The van der Waals surface area contributed by atoms with Gasteiger partial charge in [0.05, 0.1) is 3.23 Å². The van der Waals surface area contributed by atoms with Gasteiger partial charge in [-0.15, -0.1) is 0 Å². The molecule has 0 nitrogen and oxygen atoms in total. The summed E-state index contributed by atoms with van der Waals surface area (Å²) in [4.78, 5) is 0.